The van der Waals surface area contributed by atoms with Crippen molar-refractivity contribution in [1.29, 1.82) is 0 Å². The van der Waals surface area contributed by atoms with Gasteiger partial charge in [0.05, 0.1) is 19.8 Å². The van der Waals surface area contributed by atoms with E-state index in [1.807, 2.05) is 6.92 Å². The third-order valence-corrected chi connectivity index (χ3v) is 4.19. The highest BCUT2D eigenvalue weighted by Crippen LogP contribution is 2.32. The van der Waals surface area contributed by atoms with Crippen molar-refractivity contribution >= 4 is 29.9 Å². The molecule has 2 N–H and O–H groups in total. The Morgan fingerprint density at radius 3 is 2.53 bits per heavy atom. The van der Waals surface area contributed by atoms with Gasteiger partial charge in [-0.15, -0.1) is 24.0 Å². The Balaban J connectivity index is 0.00000512. The number of methoxy groups -OCH3 is 1. The SMILES string of the molecule is CCNC(=NCc1ccc(F)c(COC)c1)NCc1cccc(OCC)c1OC(F)F.I. The van der Waals surface area contributed by atoms with Crippen LogP contribution in [0.5, 0.6) is 11.5 Å². The second-order valence-electron chi connectivity index (χ2n) is 6.46. The van der Waals surface area contributed by atoms with Gasteiger partial charge in [-0.2, -0.15) is 8.78 Å². The third-order valence-electron chi connectivity index (χ3n) is 4.19. The summed E-state index contributed by atoms with van der Waals surface area (Å²) in [4.78, 5) is 4.49. The van der Waals surface area contributed by atoms with Crippen LogP contribution in [0.4, 0.5) is 13.2 Å². The minimum atomic E-state index is -2.97. The zero-order valence-electron chi connectivity index (χ0n) is 18.3. The van der Waals surface area contributed by atoms with Crippen LogP contribution in [0.3, 0.4) is 0 Å². The van der Waals surface area contributed by atoms with E-state index >= 15 is 0 Å². The number of halogens is 4. The van der Waals surface area contributed by atoms with E-state index in [4.69, 9.17) is 14.2 Å². The van der Waals surface area contributed by atoms with Crippen molar-refractivity contribution in [3.05, 3.63) is 58.9 Å². The van der Waals surface area contributed by atoms with Gasteiger partial charge in [0.25, 0.3) is 0 Å². The van der Waals surface area contributed by atoms with E-state index in [1.54, 1.807) is 37.3 Å². The van der Waals surface area contributed by atoms with E-state index in [9.17, 15) is 13.2 Å². The number of para-hydroxylation sites is 1. The van der Waals surface area contributed by atoms with Crippen molar-refractivity contribution in [2.75, 3.05) is 20.3 Å². The molecule has 0 bridgehead atoms. The molecule has 0 atom stereocenters. The second kappa shape index (κ2) is 14.8. The molecule has 10 heteroatoms. The first-order valence-corrected chi connectivity index (χ1v) is 9.96. The number of hydrogen-bond donors (Lipinski definition) is 2. The summed E-state index contributed by atoms with van der Waals surface area (Å²) in [6, 6.07) is 9.70. The third kappa shape index (κ3) is 8.73. The average Bonchev–Trinajstić information content (AvgIpc) is 2.74. The fraction of sp³-hybridized carbons (Fsp3) is 0.409. The quantitative estimate of drug-likeness (QED) is 0.231. The molecule has 0 saturated heterocycles. The summed E-state index contributed by atoms with van der Waals surface area (Å²) in [5, 5.41) is 6.20. The zero-order chi connectivity index (χ0) is 22.6. The van der Waals surface area contributed by atoms with Gasteiger partial charge in [-0.25, -0.2) is 9.38 Å². The molecule has 0 amide bonds. The van der Waals surface area contributed by atoms with Gasteiger partial charge in [0.1, 0.15) is 5.82 Å². The lowest BCUT2D eigenvalue weighted by Crippen LogP contribution is -2.37. The molecule has 0 radical (unpaired) electrons. The van der Waals surface area contributed by atoms with Crippen molar-refractivity contribution in [1.82, 2.24) is 10.6 Å². The van der Waals surface area contributed by atoms with Gasteiger partial charge in [-0.05, 0) is 37.6 Å². The van der Waals surface area contributed by atoms with Gasteiger partial charge < -0.3 is 24.8 Å². The highest BCUT2D eigenvalue weighted by molar-refractivity contribution is 14.0. The molecule has 2 rings (SSSR count). The van der Waals surface area contributed by atoms with Crippen LogP contribution in [-0.4, -0.2) is 32.8 Å². The molecule has 0 aliphatic rings. The van der Waals surface area contributed by atoms with Crippen molar-refractivity contribution in [2.45, 2.75) is 40.2 Å². The zero-order valence-corrected chi connectivity index (χ0v) is 20.6. The number of nitrogens with one attached hydrogen (secondary N) is 2. The number of ether oxygens (including phenoxy) is 3. The molecule has 0 aliphatic carbocycles. The molecule has 2 aromatic rings. The molecular formula is C22H29F3IN3O3. The topological polar surface area (TPSA) is 64.1 Å². The number of nitrogens with zero attached hydrogens (tertiary/aromatic N) is 1. The number of rotatable bonds is 11. The Hall–Kier alpha value is -2.21. The summed E-state index contributed by atoms with van der Waals surface area (Å²) >= 11 is 0. The second-order valence-corrected chi connectivity index (χ2v) is 6.46. The van der Waals surface area contributed by atoms with Gasteiger partial charge in [-0.3, -0.25) is 0 Å². The normalized spacial score (nSPS) is 11.2. The van der Waals surface area contributed by atoms with E-state index in [0.29, 0.717) is 36.8 Å². The lowest BCUT2D eigenvalue weighted by Gasteiger charge is -2.17. The predicted molar refractivity (Wildman–Crippen MR) is 128 cm³/mol. The maximum absolute atomic E-state index is 13.8. The fourth-order valence-electron chi connectivity index (χ4n) is 2.88. The highest BCUT2D eigenvalue weighted by Gasteiger charge is 2.16. The molecule has 32 heavy (non-hydrogen) atoms. The first kappa shape index (κ1) is 27.8. The lowest BCUT2D eigenvalue weighted by molar-refractivity contribution is -0.0520. The highest BCUT2D eigenvalue weighted by atomic mass is 127. The van der Waals surface area contributed by atoms with Crippen LogP contribution in [0, 0.1) is 5.82 Å². The molecule has 0 spiro atoms. The van der Waals surface area contributed by atoms with Gasteiger partial charge in [0.15, 0.2) is 17.5 Å². The minimum Gasteiger partial charge on any atom is -0.490 e. The van der Waals surface area contributed by atoms with Crippen molar-refractivity contribution < 1.29 is 27.4 Å². The summed E-state index contributed by atoms with van der Waals surface area (Å²) in [5.41, 5.74) is 1.77. The molecule has 0 saturated carbocycles. The maximum atomic E-state index is 13.8. The molecule has 0 fully saturated rings. The predicted octanol–water partition coefficient (Wildman–Crippen LogP) is 4.85. The van der Waals surface area contributed by atoms with Gasteiger partial charge in [0.2, 0.25) is 0 Å². The van der Waals surface area contributed by atoms with E-state index in [1.165, 1.54) is 13.2 Å². The number of alkyl halides is 2. The Bertz CT molecular complexity index is 870. The minimum absolute atomic E-state index is 0. The monoisotopic (exact) mass is 567 g/mol. The molecule has 0 heterocycles. The standard InChI is InChI=1S/C22H28F3N3O3.HI/c1-4-26-22(27-12-15-9-10-18(23)17(11-15)14-29-3)28-13-16-7-6-8-19(30-5-2)20(16)31-21(24)25;/h6-11,21H,4-5,12-14H2,1-3H3,(H2,26,27,28);1H. The first-order chi connectivity index (χ1) is 15.0. The largest absolute Gasteiger partial charge is 0.490 e. The van der Waals surface area contributed by atoms with E-state index < -0.39 is 6.61 Å². The first-order valence-electron chi connectivity index (χ1n) is 9.96. The molecule has 6 nitrogen and oxygen atoms in total. The van der Waals surface area contributed by atoms with Crippen LogP contribution in [0.2, 0.25) is 0 Å². The Morgan fingerprint density at radius 1 is 1.09 bits per heavy atom. The molecule has 2 aromatic carbocycles. The summed E-state index contributed by atoms with van der Waals surface area (Å²) in [6.07, 6.45) is 0. The fourth-order valence-corrected chi connectivity index (χ4v) is 2.88. The van der Waals surface area contributed by atoms with Crippen molar-refractivity contribution in [2.24, 2.45) is 4.99 Å². The van der Waals surface area contributed by atoms with Crippen LogP contribution >= 0.6 is 24.0 Å². The molecule has 0 aromatic heterocycles. The van der Waals surface area contributed by atoms with Crippen LogP contribution in [-0.2, 0) is 24.4 Å². The summed E-state index contributed by atoms with van der Waals surface area (Å²) in [6.45, 7) is 2.28. The Labute approximate surface area is 203 Å². The van der Waals surface area contributed by atoms with Crippen LogP contribution < -0.4 is 20.1 Å². The lowest BCUT2D eigenvalue weighted by atomic mass is 10.1. The van der Waals surface area contributed by atoms with Gasteiger partial charge in [0, 0.05) is 31.3 Å². The number of hydrogen-bond acceptors (Lipinski definition) is 4. The van der Waals surface area contributed by atoms with Gasteiger partial charge in [-0.1, -0.05) is 18.2 Å². The molecular weight excluding hydrogens is 538 g/mol. The van der Waals surface area contributed by atoms with Gasteiger partial charge >= 0.3 is 6.61 Å². The summed E-state index contributed by atoms with van der Waals surface area (Å²) in [5.74, 6) is 0.386. The molecule has 0 aliphatic heterocycles. The summed E-state index contributed by atoms with van der Waals surface area (Å²) in [7, 11) is 1.50. The van der Waals surface area contributed by atoms with Crippen LogP contribution in [0.25, 0.3) is 0 Å². The van der Waals surface area contributed by atoms with Crippen LogP contribution in [0.15, 0.2) is 41.4 Å². The van der Waals surface area contributed by atoms with E-state index in [2.05, 4.69) is 15.6 Å². The Morgan fingerprint density at radius 2 is 1.88 bits per heavy atom. The molecule has 0 unspecified atom stereocenters. The smallest absolute Gasteiger partial charge is 0.387 e. The summed E-state index contributed by atoms with van der Waals surface area (Å²) < 4.78 is 54.7. The van der Waals surface area contributed by atoms with E-state index in [-0.39, 0.29) is 54.4 Å². The Kier molecular flexibility index (Phi) is 12.8. The van der Waals surface area contributed by atoms with Crippen molar-refractivity contribution in [3.8, 4) is 11.5 Å². The number of guanidine groups is 1. The number of aliphatic imine (C=N–C) groups is 1. The molecule has 178 valence electrons. The van der Waals surface area contributed by atoms with Crippen LogP contribution in [0.1, 0.15) is 30.5 Å². The van der Waals surface area contributed by atoms with Crippen molar-refractivity contribution in [3.63, 3.8) is 0 Å². The number of benzene rings is 2. The average molecular weight is 567 g/mol. The maximum Gasteiger partial charge on any atom is 0.387 e. The van der Waals surface area contributed by atoms with E-state index in [0.717, 1.165) is 5.56 Å².